The van der Waals surface area contributed by atoms with Crippen molar-refractivity contribution in [2.75, 3.05) is 38.5 Å². The molecule has 9 heteroatoms. The van der Waals surface area contributed by atoms with Gasteiger partial charge in [0.15, 0.2) is 11.5 Å². The number of likely N-dealkylation sites (tertiary alicyclic amines) is 2. The van der Waals surface area contributed by atoms with Gasteiger partial charge < -0.3 is 25.3 Å². The first-order valence-corrected chi connectivity index (χ1v) is 17.5. The molecule has 0 amide bonds. The first-order valence-electron chi connectivity index (χ1n) is 17.5. The number of ether oxygens (including phenoxy) is 1. The number of aromatic amines is 1. The second kappa shape index (κ2) is 14.1. The number of imidazole rings is 1. The van der Waals surface area contributed by atoms with E-state index in [0.29, 0.717) is 35.4 Å². The summed E-state index contributed by atoms with van der Waals surface area (Å²) in [5.74, 6) is 1.38. The number of fused-ring (bicyclic) bond motifs is 1. The van der Waals surface area contributed by atoms with Gasteiger partial charge in [0.05, 0.1) is 6.61 Å². The van der Waals surface area contributed by atoms with E-state index in [0.717, 1.165) is 57.3 Å². The number of nitrogen functional groups attached to an aromatic ring is 1. The molecule has 1 unspecified atom stereocenters. The average Bonchev–Trinajstić information content (AvgIpc) is 3.37. The molecule has 2 aliphatic heterocycles. The Morgan fingerprint density at radius 1 is 0.857 bits per heavy atom. The molecule has 0 spiro atoms. The third kappa shape index (κ3) is 6.82. The fourth-order valence-electron chi connectivity index (χ4n) is 8.65. The predicted octanol–water partition coefficient (Wildman–Crippen LogP) is 5.90. The Morgan fingerprint density at radius 2 is 1.45 bits per heavy atom. The minimum Gasteiger partial charge on any atom is -0.463 e. The van der Waals surface area contributed by atoms with Crippen molar-refractivity contribution < 1.29 is 4.74 Å². The Morgan fingerprint density at radius 3 is 2.05 bits per heavy atom. The number of nitrogens with zero attached hydrogens (tertiary/aromatic N) is 5. The highest BCUT2D eigenvalue weighted by Crippen LogP contribution is 2.39. The van der Waals surface area contributed by atoms with Crippen molar-refractivity contribution in [2.24, 2.45) is 11.8 Å². The lowest BCUT2D eigenvalue weighted by molar-refractivity contribution is 0.0701. The van der Waals surface area contributed by atoms with Gasteiger partial charge in [-0.15, -0.1) is 0 Å². The number of unbranched alkanes of at least 4 members (excludes halogenated alkanes) is 1. The van der Waals surface area contributed by atoms with Crippen LogP contribution in [0.15, 0.2) is 4.79 Å². The number of nitrogens with two attached hydrogens (primary N) is 1. The topological polar surface area (TPSA) is 105 Å². The Labute approximate surface area is 252 Å². The fourth-order valence-corrected chi connectivity index (χ4v) is 8.65. The van der Waals surface area contributed by atoms with Gasteiger partial charge >= 0.3 is 11.7 Å². The molecule has 6 rings (SSSR count). The van der Waals surface area contributed by atoms with E-state index in [1.54, 1.807) is 0 Å². The maximum Gasteiger partial charge on any atom is 0.328 e. The summed E-state index contributed by atoms with van der Waals surface area (Å²) in [5.41, 5.74) is 7.44. The quantitative estimate of drug-likeness (QED) is 0.337. The lowest BCUT2D eigenvalue weighted by Crippen LogP contribution is -2.45. The summed E-state index contributed by atoms with van der Waals surface area (Å²) in [6.07, 6.45) is 21.6. The van der Waals surface area contributed by atoms with Gasteiger partial charge in [0.2, 0.25) is 0 Å². The van der Waals surface area contributed by atoms with E-state index in [4.69, 9.17) is 15.5 Å². The molecule has 4 aliphatic rings. The monoisotopic (exact) mass is 581 g/mol. The molecule has 2 saturated heterocycles. The largest absolute Gasteiger partial charge is 0.463 e. The molecule has 1 atom stereocenters. The molecule has 2 aliphatic carbocycles. The number of aromatic nitrogens is 4. The third-order valence-electron chi connectivity index (χ3n) is 11.2. The van der Waals surface area contributed by atoms with E-state index in [1.807, 2.05) is 4.57 Å². The lowest BCUT2D eigenvalue weighted by Gasteiger charge is -2.43. The molecule has 0 aromatic carbocycles. The van der Waals surface area contributed by atoms with Crippen LogP contribution < -0.4 is 16.2 Å². The normalized spacial score (nSPS) is 23.9. The fraction of sp³-hybridized carbons (Fsp3) is 0.848. The van der Waals surface area contributed by atoms with Crippen molar-refractivity contribution in [1.29, 1.82) is 0 Å². The van der Waals surface area contributed by atoms with Crippen molar-refractivity contribution in [1.82, 2.24) is 29.3 Å². The Kier molecular flexibility index (Phi) is 10.0. The maximum atomic E-state index is 13.7. The van der Waals surface area contributed by atoms with Crippen LogP contribution in [-0.4, -0.2) is 74.2 Å². The van der Waals surface area contributed by atoms with E-state index in [-0.39, 0.29) is 17.7 Å². The van der Waals surface area contributed by atoms with Crippen LogP contribution in [0.1, 0.15) is 122 Å². The highest BCUT2D eigenvalue weighted by atomic mass is 16.5. The molecule has 2 aromatic rings. The van der Waals surface area contributed by atoms with Gasteiger partial charge in [0.1, 0.15) is 5.52 Å². The SMILES string of the molecule is CCCCOc1nc(N)c2[nH]c(=O)n(C(CC3CCN(C4CCCCC4)CC3)C3CCN(C4CCCCC4)CC3)c2n1. The number of hydrogen-bond donors (Lipinski definition) is 2. The summed E-state index contributed by atoms with van der Waals surface area (Å²) in [6.45, 7) is 7.39. The van der Waals surface area contributed by atoms with Gasteiger partial charge in [-0.2, -0.15) is 9.97 Å². The predicted molar refractivity (Wildman–Crippen MR) is 169 cm³/mol. The van der Waals surface area contributed by atoms with E-state index in [1.165, 1.54) is 90.1 Å². The minimum absolute atomic E-state index is 0.101. The zero-order valence-electron chi connectivity index (χ0n) is 26.1. The van der Waals surface area contributed by atoms with Crippen molar-refractivity contribution in [3.8, 4) is 6.01 Å². The molecule has 2 saturated carbocycles. The first-order chi connectivity index (χ1) is 20.6. The van der Waals surface area contributed by atoms with Crippen LogP contribution in [0.4, 0.5) is 5.82 Å². The van der Waals surface area contributed by atoms with E-state index in [2.05, 4.69) is 26.7 Å². The molecule has 42 heavy (non-hydrogen) atoms. The molecule has 0 radical (unpaired) electrons. The van der Waals surface area contributed by atoms with Gasteiger partial charge in [0.25, 0.3) is 0 Å². The van der Waals surface area contributed by atoms with Crippen LogP contribution in [0, 0.1) is 11.8 Å². The Bertz CT molecular complexity index is 1180. The number of nitrogens with one attached hydrogen (secondary N) is 1. The zero-order valence-corrected chi connectivity index (χ0v) is 26.1. The number of hydrogen-bond acceptors (Lipinski definition) is 7. The summed E-state index contributed by atoms with van der Waals surface area (Å²) in [6, 6.07) is 1.95. The van der Waals surface area contributed by atoms with Crippen molar-refractivity contribution in [3.05, 3.63) is 10.5 Å². The van der Waals surface area contributed by atoms with Gasteiger partial charge in [0, 0.05) is 18.1 Å². The zero-order chi connectivity index (χ0) is 28.9. The molecule has 3 N–H and O–H groups in total. The molecule has 4 fully saturated rings. The standard InChI is InChI=1S/C33H55N7O2/c1-2-3-22-42-32-36-30(34)29-31(37-32)40(33(41)35-29)28(25-16-20-39(21-17-25)27-12-8-5-9-13-27)23-24-14-18-38(19-15-24)26-10-6-4-7-11-26/h24-28H,2-23H2,1H3,(H,35,41)(H2,34,36,37). The number of rotatable bonds is 10. The van der Waals surface area contributed by atoms with Gasteiger partial charge in [-0.05, 0) is 102 Å². The highest BCUT2D eigenvalue weighted by molar-refractivity contribution is 5.82. The second-order valence-corrected chi connectivity index (χ2v) is 13.8. The smallest absolute Gasteiger partial charge is 0.328 e. The molecular weight excluding hydrogens is 526 g/mol. The average molecular weight is 582 g/mol. The van der Waals surface area contributed by atoms with E-state index < -0.39 is 0 Å². The summed E-state index contributed by atoms with van der Waals surface area (Å²) >= 11 is 0. The summed E-state index contributed by atoms with van der Waals surface area (Å²) in [7, 11) is 0. The van der Waals surface area contributed by atoms with E-state index >= 15 is 0 Å². The molecule has 4 heterocycles. The van der Waals surface area contributed by atoms with Crippen LogP contribution >= 0.6 is 0 Å². The van der Waals surface area contributed by atoms with Crippen LogP contribution in [-0.2, 0) is 0 Å². The molecule has 2 aromatic heterocycles. The van der Waals surface area contributed by atoms with Gasteiger partial charge in [-0.1, -0.05) is 51.9 Å². The van der Waals surface area contributed by atoms with Crippen molar-refractivity contribution >= 4 is 17.0 Å². The number of H-pyrrole nitrogens is 1. The van der Waals surface area contributed by atoms with Gasteiger partial charge in [-0.3, -0.25) is 4.57 Å². The highest BCUT2D eigenvalue weighted by Gasteiger charge is 2.36. The Hall–Kier alpha value is -2.13. The summed E-state index contributed by atoms with van der Waals surface area (Å²) in [4.78, 5) is 31.4. The van der Waals surface area contributed by atoms with Gasteiger partial charge in [-0.25, -0.2) is 4.79 Å². The maximum absolute atomic E-state index is 13.7. The number of piperidine rings is 2. The third-order valence-corrected chi connectivity index (χ3v) is 11.2. The van der Waals surface area contributed by atoms with Crippen LogP contribution in [0.2, 0.25) is 0 Å². The second-order valence-electron chi connectivity index (χ2n) is 13.8. The summed E-state index contributed by atoms with van der Waals surface area (Å²) < 4.78 is 7.85. The first kappa shape index (κ1) is 29.9. The van der Waals surface area contributed by atoms with Crippen molar-refractivity contribution in [2.45, 2.75) is 134 Å². The van der Waals surface area contributed by atoms with Crippen LogP contribution in [0.25, 0.3) is 11.2 Å². The van der Waals surface area contributed by atoms with E-state index in [9.17, 15) is 4.79 Å². The summed E-state index contributed by atoms with van der Waals surface area (Å²) in [5, 5.41) is 0. The molecule has 234 valence electrons. The Balaban J connectivity index is 1.23. The van der Waals surface area contributed by atoms with Crippen LogP contribution in [0.5, 0.6) is 6.01 Å². The lowest BCUT2D eigenvalue weighted by atomic mass is 9.80. The van der Waals surface area contributed by atoms with Crippen LogP contribution in [0.3, 0.4) is 0 Å². The minimum atomic E-state index is -0.101. The van der Waals surface area contributed by atoms with Crippen molar-refractivity contribution in [3.63, 3.8) is 0 Å². The molecule has 0 bridgehead atoms. The molecular formula is C33H55N7O2. The molecule has 9 nitrogen and oxygen atoms in total. The number of anilines is 1.